The number of likely N-dealkylation sites (tertiary alicyclic amines) is 1. The van der Waals surface area contributed by atoms with E-state index in [1.54, 1.807) is 0 Å². The van der Waals surface area contributed by atoms with Gasteiger partial charge in [0.2, 0.25) is 23.6 Å². The first-order valence-electron chi connectivity index (χ1n) is 11.1. The minimum absolute atomic E-state index is 0.0198. The number of aromatic amines is 1. The summed E-state index contributed by atoms with van der Waals surface area (Å²) in [4.78, 5) is 69.5. The molecule has 0 bridgehead atoms. The summed E-state index contributed by atoms with van der Waals surface area (Å²) in [7, 11) is 0. The fourth-order valence-electron chi connectivity index (χ4n) is 3.89. The Balaban J connectivity index is 2.15. The number of primary amides is 1. The second kappa shape index (κ2) is 12.1. The van der Waals surface area contributed by atoms with Gasteiger partial charge in [0, 0.05) is 24.9 Å². The van der Waals surface area contributed by atoms with Crippen LogP contribution in [0, 0.1) is 5.92 Å². The molecular formula is C21H33N7O6. The molecule has 13 heteroatoms. The van der Waals surface area contributed by atoms with Crippen molar-refractivity contribution in [1.82, 2.24) is 25.5 Å². The number of hydrogen-bond acceptors (Lipinski definition) is 7. The first-order chi connectivity index (χ1) is 16.0. The molecule has 0 saturated carbocycles. The molecule has 34 heavy (non-hydrogen) atoms. The molecule has 1 aliphatic heterocycles. The molecule has 0 aromatic carbocycles. The lowest BCUT2D eigenvalue weighted by Gasteiger charge is -2.29. The quantitative estimate of drug-likeness (QED) is 0.202. The van der Waals surface area contributed by atoms with Crippen LogP contribution in [0.5, 0.6) is 0 Å². The lowest BCUT2D eigenvalue weighted by atomic mass is 10.0. The lowest BCUT2D eigenvalue weighted by Crippen LogP contribution is -2.57. The molecule has 2 heterocycles. The molecule has 1 aliphatic rings. The van der Waals surface area contributed by atoms with E-state index in [2.05, 4.69) is 20.6 Å². The third-order valence-electron chi connectivity index (χ3n) is 5.51. The molecular weight excluding hydrogens is 446 g/mol. The summed E-state index contributed by atoms with van der Waals surface area (Å²) in [5, 5.41) is 14.1. The van der Waals surface area contributed by atoms with Crippen LogP contribution in [0.1, 0.15) is 45.2 Å². The minimum atomic E-state index is -1.55. The molecule has 4 unspecified atom stereocenters. The number of nitrogens with two attached hydrogens (primary N) is 2. The summed E-state index contributed by atoms with van der Waals surface area (Å²) in [5.74, 6) is -3.83. The number of carboxylic acid groups (broad SMARTS) is 1. The van der Waals surface area contributed by atoms with Gasteiger partial charge in [-0.2, -0.15) is 0 Å². The zero-order chi connectivity index (χ0) is 25.4. The first-order valence-corrected chi connectivity index (χ1v) is 11.1. The highest BCUT2D eigenvalue weighted by atomic mass is 16.4. The largest absolute Gasteiger partial charge is 0.480 e. The molecule has 1 fully saturated rings. The predicted molar refractivity (Wildman–Crippen MR) is 120 cm³/mol. The van der Waals surface area contributed by atoms with E-state index in [9.17, 15) is 29.1 Å². The van der Waals surface area contributed by atoms with Gasteiger partial charge in [-0.3, -0.25) is 19.2 Å². The lowest BCUT2D eigenvalue weighted by molar-refractivity contribution is -0.144. The topological polar surface area (TPSA) is 214 Å². The van der Waals surface area contributed by atoms with Crippen molar-refractivity contribution < 1.29 is 29.1 Å². The predicted octanol–water partition coefficient (Wildman–Crippen LogP) is -1.75. The highest BCUT2D eigenvalue weighted by Crippen LogP contribution is 2.20. The van der Waals surface area contributed by atoms with Gasteiger partial charge in [-0.25, -0.2) is 9.78 Å². The number of H-pyrrole nitrogens is 1. The Labute approximate surface area is 197 Å². The molecule has 0 radical (unpaired) electrons. The molecule has 1 aromatic heterocycles. The number of hydrogen-bond donors (Lipinski definition) is 6. The van der Waals surface area contributed by atoms with Crippen LogP contribution in [-0.2, 0) is 30.4 Å². The van der Waals surface area contributed by atoms with Crippen LogP contribution in [0.15, 0.2) is 12.5 Å². The van der Waals surface area contributed by atoms with Gasteiger partial charge < -0.3 is 37.1 Å². The Morgan fingerprint density at radius 3 is 2.50 bits per heavy atom. The van der Waals surface area contributed by atoms with Crippen molar-refractivity contribution in [2.24, 2.45) is 17.4 Å². The maximum Gasteiger partial charge on any atom is 0.326 e. The van der Waals surface area contributed by atoms with Crippen molar-refractivity contribution in [3.63, 3.8) is 0 Å². The number of rotatable bonds is 12. The van der Waals surface area contributed by atoms with Crippen LogP contribution in [0.25, 0.3) is 0 Å². The monoisotopic (exact) mass is 479 g/mol. The Morgan fingerprint density at radius 1 is 1.24 bits per heavy atom. The second-order valence-electron chi connectivity index (χ2n) is 8.84. The third kappa shape index (κ3) is 7.54. The van der Waals surface area contributed by atoms with Crippen molar-refractivity contribution in [3.05, 3.63) is 18.2 Å². The van der Waals surface area contributed by atoms with Crippen LogP contribution in [-0.4, -0.2) is 80.3 Å². The van der Waals surface area contributed by atoms with Crippen LogP contribution >= 0.6 is 0 Å². The molecule has 13 nitrogen and oxygen atoms in total. The summed E-state index contributed by atoms with van der Waals surface area (Å²) in [5.41, 5.74) is 11.6. The van der Waals surface area contributed by atoms with Gasteiger partial charge in [0.1, 0.15) is 18.1 Å². The molecule has 1 aromatic rings. The molecule has 0 aliphatic carbocycles. The molecule has 8 N–H and O–H groups in total. The Hall–Kier alpha value is -3.48. The van der Waals surface area contributed by atoms with Gasteiger partial charge in [0.05, 0.1) is 18.8 Å². The van der Waals surface area contributed by atoms with E-state index in [4.69, 9.17) is 11.5 Å². The first kappa shape index (κ1) is 26.8. The molecule has 4 amide bonds. The molecule has 2 rings (SSSR count). The summed E-state index contributed by atoms with van der Waals surface area (Å²) < 4.78 is 0. The van der Waals surface area contributed by atoms with E-state index in [1.165, 1.54) is 17.4 Å². The van der Waals surface area contributed by atoms with E-state index in [0.717, 1.165) is 0 Å². The minimum Gasteiger partial charge on any atom is -0.480 e. The van der Waals surface area contributed by atoms with Crippen molar-refractivity contribution in [2.45, 2.75) is 70.1 Å². The highest BCUT2D eigenvalue weighted by molar-refractivity contribution is 5.95. The van der Waals surface area contributed by atoms with Crippen molar-refractivity contribution in [2.75, 3.05) is 6.54 Å². The van der Waals surface area contributed by atoms with Crippen LogP contribution in [0.4, 0.5) is 0 Å². The maximum atomic E-state index is 13.1. The standard InChI is InChI=1S/C21H33N7O6/c1-11(2)6-13(22)20(32)28-5-3-4-16(28)19(31)26-14(7-12-9-24-10-25-12)18(30)27-15(21(33)34)8-17(23)29/h9-11,13-16H,3-8,22H2,1-2H3,(H2,23,29)(H,24,25)(H,26,31)(H,27,30)(H,33,34). The van der Waals surface area contributed by atoms with Gasteiger partial charge in [-0.15, -0.1) is 0 Å². The van der Waals surface area contributed by atoms with Gasteiger partial charge in [0.15, 0.2) is 0 Å². The zero-order valence-corrected chi connectivity index (χ0v) is 19.3. The number of carbonyl (C=O) groups is 5. The number of nitrogens with one attached hydrogen (secondary N) is 3. The zero-order valence-electron chi connectivity index (χ0n) is 19.3. The van der Waals surface area contributed by atoms with Gasteiger partial charge in [-0.05, 0) is 25.2 Å². The average Bonchev–Trinajstić information content (AvgIpc) is 3.43. The molecule has 0 spiro atoms. The fourth-order valence-corrected chi connectivity index (χ4v) is 3.89. The van der Waals surface area contributed by atoms with E-state index >= 15 is 0 Å². The third-order valence-corrected chi connectivity index (χ3v) is 5.51. The molecule has 1 saturated heterocycles. The van der Waals surface area contributed by atoms with E-state index in [0.29, 0.717) is 31.5 Å². The Bertz CT molecular complexity index is 888. The molecule has 188 valence electrons. The summed E-state index contributed by atoms with van der Waals surface area (Å²) in [6, 6.07) is -4.28. The van der Waals surface area contributed by atoms with Crippen LogP contribution in [0.2, 0.25) is 0 Å². The number of carbonyl (C=O) groups excluding carboxylic acids is 4. The number of aliphatic carboxylic acids is 1. The Morgan fingerprint density at radius 2 is 1.94 bits per heavy atom. The normalized spacial score (nSPS) is 18.2. The van der Waals surface area contributed by atoms with Crippen LogP contribution in [0.3, 0.4) is 0 Å². The van der Waals surface area contributed by atoms with Gasteiger partial charge in [0.25, 0.3) is 0 Å². The molecule has 4 atom stereocenters. The number of imidazole rings is 1. The average molecular weight is 480 g/mol. The number of nitrogens with zero attached hydrogens (tertiary/aromatic N) is 2. The van der Waals surface area contributed by atoms with Crippen molar-refractivity contribution >= 4 is 29.6 Å². The van der Waals surface area contributed by atoms with E-state index < -0.39 is 54.3 Å². The Kier molecular flexibility index (Phi) is 9.54. The van der Waals surface area contributed by atoms with E-state index in [1.807, 2.05) is 13.8 Å². The second-order valence-corrected chi connectivity index (χ2v) is 8.84. The summed E-state index contributed by atoms with van der Waals surface area (Å²) in [6.45, 7) is 4.27. The summed E-state index contributed by atoms with van der Waals surface area (Å²) in [6.07, 6.45) is 3.72. The van der Waals surface area contributed by atoms with Crippen molar-refractivity contribution in [3.8, 4) is 0 Å². The number of carboxylic acids is 1. The van der Waals surface area contributed by atoms with Gasteiger partial charge in [-0.1, -0.05) is 13.8 Å². The summed E-state index contributed by atoms with van der Waals surface area (Å²) >= 11 is 0. The highest BCUT2D eigenvalue weighted by Gasteiger charge is 2.38. The number of aromatic nitrogens is 2. The number of amides is 4. The van der Waals surface area contributed by atoms with E-state index in [-0.39, 0.29) is 18.2 Å². The van der Waals surface area contributed by atoms with Gasteiger partial charge >= 0.3 is 5.97 Å². The fraction of sp³-hybridized carbons (Fsp3) is 0.619. The SMILES string of the molecule is CC(C)CC(N)C(=O)N1CCCC1C(=O)NC(Cc1cnc[nH]1)C(=O)NC(CC(N)=O)C(=O)O. The van der Waals surface area contributed by atoms with Crippen molar-refractivity contribution in [1.29, 1.82) is 0 Å². The smallest absolute Gasteiger partial charge is 0.326 e. The van der Waals surface area contributed by atoms with Crippen LogP contribution < -0.4 is 22.1 Å². The maximum absolute atomic E-state index is 13.1.